The third-order valence-electron chi connectivity index (χ3n) is 5.35. The van der Waals surface area contributed by atoms with Gasteiger partial charge in [-0.1, -0.05) is 61.5 Å². The zero-order valence-electron chi connectivity index (χ0n) is 16.6. The average Bonchev–Trinajstić information content (AvgIpc) is 2.98. The zero-order valence-corrected chi connectivity index (χ0v) is 18.2. The van der Waals surface area contributed by atoms with Crippen molar-refractivity contribution in [2.24, 2.45) is 0 Å². The van der Waals surface area contributed by atoms with Crippen LogP contribution >= 0.6 is 11.6 Å². The van der Waals surface area contributed by atoms with Gasteiger partial charge in [-0.2, -0.15) is 0 Å². The summed E-state index contributed by atoms with van der Waals surface area (Å²) in [7, 11) is -3.92. The quantitative estimate of drug-likeness (QED) is 0.671. The van der Waals surface area contributed by atoms with Crippen LogP contribution in [0.5, 0.6) is 0 Å². The van der Waals surface area contributed by atoms with Crippen molar-refractivity contribution in [1.82, 2.24) is 5.32 Å². The zero-order chi connectivity index (χ0) is 20.9. The fourth-order valence-electron chi connectivity index (χ4n) is 3.71. The van der Waals surface area contributed by atoms with E-state index in [2.05, 4.69) is 5.32 Å². The average molecular weight is 435 g/mol. The molecule has 2 aromatic rings. The smallest absolute Gasteiger partial charge is 0.264 e. The number of rotatable bonds is 6. The number of hydrogen-bond donors (Lipinski definition) is 1. The van der Waals surface area contributed by atoms with Crippen molar-refractivity contribution in [1.29, 1.82) is 0 Å². The second-order valence-corrected chi connectivity index (χ2v) is 9.73. The van der Waals surface area contributed by atoms with Gasteiger partial charge in [0.2, 0.25) is 5.91 Å². The molecule has 1 N–H and O–H groups in total. The monoisotopic (exact) mass is 434 g/mol. The third kappa shape index (κ3) is 5.31. The molecule has 0 bridgehead atoms. The number of carbonyl (C=O) groups is 1. The van der Waals surface area contributed by atoms with Crippen molar-refractivity contribution in [2.45, 2.75) is 56.4 Å². The molecule has 0 unspecified atom stereocenters. The van der Waals surface area contributed by atoms with Gasteiger partial charge in [0, 0.05) is 11.1 Å². The molecule has 0 spiro atoms. The van der Waals surface area contributed by atoms with E-state index in [1.54, 1.807) is 43.3 Å². The molecular formula is C22H27ClN2O3S. The van der Waals surface area contributed by atoms with E-state index < -0.39 is 10.0 Å². The molecule has 1 amide bonds. The van der Waals surface area contributed by atoms with Crippen LogP contribution < -0.4 is 9.62 Å². The minimum absolute atomic E-state index is 0.103. The molecule has 0 saturated heterocycles. The van der Waals surface area contributed by atoms with Gasteiger partial charge in [-0.15, -0.1) is 0 Å². The van der Waals surface area contributed by atoms with Crippen molar-refractivity contribution in [3.8, 4) is 0 Å². The predicted molar refractivity (Wildman–Crippen MR) is 117 cm³/mol. The van der Waals surface area contributed by atoms with Crippen LogP contribution in [0.1, 0.15) is 44.1 Å². The molecular weight excluding hydrogens is 408 g/mol. The number of anilines is 1. The molecule has 0 radical (unpaired) electrons. The van der Waals surface area contributed by atoms with Gasteiger partial charge in [0.1, 0.15) is 6.54 Å². The highest BCUT2D eigenvalue weighted by Gasteiger charge is 2.29. The van der Waals surface area contributed by atoms with Gasteiger partial charge in [0.25, 0.3) is 10.0 Å². The summed E-state index contributed by atoms with van der Waals surface area (Å²) in [5, 5.41) is 3.50. The highest BCUT2D eigenvalue weighted by Crippen LogP contribution is 2.30. The highest BCUT2D eigenvalue weighted by molar-refractivity contribution is 7.92. The number of halogens is 1. The van der Waals surface area contributed by atoms with Gasteiger partial charge >= 0.3 is 0 Å². The van der Waals surface area contributed by atoms with Crippen molar-refractivity contribution < 1.29 is 13.2 Å². The molecule has 1 fully saturated rings. The van der Waals surface area contributed by atoms with Gasteiger partial charge in [-0.25, -0.2) is 8.42 Å². The summed E-state index contributed by atoms with van der Waals surface area (Å²) < 4.78 is 27.9. The maximum atomic E-state index is 13.4. The van der Waals surface area contributed by atoms with E-state index in [0.717, 1.165) is 30.0 Å². The Balaban J connectivity index is 1.91. The van der Waals surface area contributed by atoms with Crippen LogP contribution in [0.4, 0.5) is 5.69 Å². The lowest BCUT2D eigenvalue weighted by molar-refractivity contribution is -0.120. The van der Waals surface area contributed by atoms with E-state index in [1.165, 1.54) is 25.0 Å². The number of nitrogens with one attached hydrogen (secondary N) is 1. The maximum Gasteiger partial charge on any atom is 0.264 e. The maximum absolute atomic E-state index is 13.4. The standard InChI is InChI=1S/C22H27ClN2O3S/c1-17-20(23)14-9-15-21(17)25(29(27,28)19-12-7-4-8-13-19)16-22(26)24-18-10-5-2-3-6-11-18/h4,7-9,12-15,18H,2-3,5-6,10-11,16H2,1H3,(H,24,26). The lowest BCUT2D eigenvalue weighted by Gasteiger charge is -2.27. The summed E-state index contributed by atoms with van der Waals surface area (Å²) in [5.74, 6) is -0.296. The molecule has 1 aliphatic rings. The Kier molecular flexibility index (Phi) is 7.19. The molecule has 156 valence electrons. The Morgan fingerprint density at radius 1 is 1.03 bits per heavy atom. The Morgan fingerprint density at radius 3 is 2.34 bits per heavy atom. The minimum atomic E-state index is -3.92. The molecule has 0 aliphatic heterocycles. The SMILES string of the molecule is Cc1c(Cl)cccc1N(CC(=O)NC1CCCCCC1)S(=O)(=O)c1ccccc1. The van der Waals surface area contributed by atoms with E-state index in [9.17, 15) is 13.2 Å². The first-order valence-corrected chi connectivity index (χ1v) is 11.8. The molecule has 5 nitrogen and oxygen atoms in total. The summed E-state index contributed by atoms with van der Waals surface area (Å²) in [6, 6.07) is 13.3. The van der Waals surface area contributed by atoms with Crippen LogP contribution in [0.3, 0.4) is 0 Å². The lowest BCUT2D eigenvalue weighted by Crippen LogP contribution is -2.44. The van der Waals surface area contributed by atoms with Crippen molar-refractivity contribution in [3.63, 3.8) is 0 Å². The summed E-state index contributed by atoms with van der Waals surface area (Å²) in [5.41, 5.74) is 1.04. The molecule has 0 atom stereocenters. The number of benzene rings is 2. The molecule has 1 saturated carbocycles. The van der Waals surface area contributed by atoms with E-state index >= 15 is 0 Å². The normalized spacial score (nSPS) is 15.5. The first-order valence-electron chi connectivity index (χ1n) is 10.0. The first-order chi connectivity index (χ1) is 13.9. The summed E-state index contributed by atoms with van der Waals surface area (Å²) in [6.45, 7) is 1.48. The topological polar surface area (TPSA) is 66.5 Å². The fraction of sp³-hybridized carbons (Fsp3) is 0.409. The second-order valence-electron chi connectivity index (χ2n) is 7.46. The van der Waals surface area contributed by atoms with E-state index in [4.69, 9.17) is 11.6 Å². The van der Waals surface area contributed by atoms with Gasteiger partial charge in [0.05, 0.1) is 10.6 Å². The molecule has 0 heterocycles. The van der Waals surface area contributed by atoms with Crippen LogP contribution in [0.15, 0.2) is 53.4 Å². The van der Waals surface area contributed by atoms with Crippen molar-refractivity contribution >= 4 is 33.2 Å². The molecule has 29 heavy (non-hydrogen) atoms. The third-order valence-corrected chi connectivity index (χ3v) is 7.53. The van der Waals surface area contributed by atoms with E-state index in [0.29, 0.717) is 16.3 Å². The molecule has 1 aliphatic carbocycles. The van der Waals surface area contributed by atoms with E-state index in [1.807, 2.05) is 0 Å². The number of hydrogen-bond acceptors (Lipinski definition) is 3. The molecule has 0 aromatic heterocycles. The number of carbonyl (C=O) groups excluding carboxylic acids is 1. The number of sulfonamides is 1. The van der Waals surface area contributed by atoms with E-state index in [-0.39, 0.29) is 23.4 Å². The Hall–Kier alpha value is -2.05. The number of amides is 1. The highest BCUT2D eigenvalue weighted by atomic mass is 35.5. The minimum Gasteiger partial charge on any atom is -0.352 e. The van der Waals surface area contributed by atoms with Crippen LogP contribution in [0, 0.1) is 6.92 Å². The Bertz CT molecular complexity index is 940. The molecule has 3 rings (SSSR count). The van der Waals surface area contributed by atoms with Crippen molar-refractivity contribution in [3.05, 3.63) is 59.1 Å². The molecule has 7 heteroatoms. The van der Waals surface area contributed by atoms with Gasteiger partial charge in [0.15, 0.2) is 0 Å². The largest absolute Gasteiger partial charge is 0.352 e. The Labute approximate surface area is 178 Å². The van der Waals surface area contributed by atoms with Crippen LogP contribution in [0.25, 0.3) is 0 Å². The fourth-order valence-corrected chi connectivity index (χ4v) is 5.38. The summed E-state index contributed by atoms with van der Waals surface area (Å²) >= 11 is 6.24. The van der Waals surface area contributed by atoms with Crippen LogP contribution in [-0.2, 0) is 14.8 Å². The number of nitrogens with zero attached hydrogens (tertiary/aromatic N) is 1. The predicted octanol–water partition coefficient (Wildman–Crippen LogP) is 4.68. The van der Waals surface area contributed by atoms with Gasteiger partial charge in [-0.05, 0) is 49.6 Å². The Morgan fingerprint density at radius 2 is 1.69 bits per heavy atom. The lowest BCUT2D eigenvalue weighted by atomic mass is 10.1. The summed E-state index contributed by atoms with van der Waals surface area (Å²) in [6.07, 6.45) is 6.42. The summed E-state index contributed by atoms with van der Waals surface area (Å²) in [4.78, 5) is 13.0. The van der Waals surface area contributed by atoms with Crippen LogP contribution in [-0.4, -0.2) is 26.9 Å². The van der Waals surface area contributed by atoms with Crippen molar-refractivity contribution in [2.75, 3.05) is 10.8 Å². The first kappa shape index (κ1) is 21.7. The van der Waals surface area contributed by atoms with Gasteiger partial charge < -0.3 is 5.32 Å². The van der Waals surface area contributed by atoms with Crippen LogP contribution in [0.2, 0.25) is 5.02 Å². The molecule has 2 aromatic carbocycles. The second kappa shape index (κ2) is 9.63. The van der Waals surface area contributed by atoms with Gasteiger partial charge in [-0.3, -0.25) is 9.10 Å².